The summed E-state index contributed by atoms with van der Waals surface area (Å²) in [6, 6.07) is 5.87. The molecule has 2 heterocycles. The molecule has 0 amide bonds. The zero-order chi connectivity index (χ0) is 13.6. The molecule has 3 aromatic rings. The van der Waals surface area contributed by atoms with E-state index in [1.54, 1.807) is 0 Å². The van der Waals surface area contributed by atoms with Crippen molar-refractivity contribution in [3.05, 3.63) is 35.3 Å². The summed E-state index contributed by atoms with van der Waals surface area (Å²) in [6.45, 7) is 4.28. The first kappa shape index (κ1) is 12.3. The van der Waals surface area contributed by atoms with Crippen molar-refractivity contribution in [1.29, 1.82) is 0 Å². The normalized spacial score (nSPS) is 13.5. The molecule has 0 aliphatic carbocycles. The summed E-state index contributed by atoms with van der Waals surface area (Å²) >= 11 is 0. The lowest BCUT2D eigenvalue weighted by atomic mass is 10.0. The molecule has 19 heavy (non-hydrogen) atoms. The highest BCUT2D eigenvalue weighted by Gasteiger charge is 2.20. The zero-order valence-corrected chi connectivity index (χ0v) is 11.3. The second kappa shape index (κ2) is 4.40. The van der Waals surface area contributed by atoms with E-state index in [9.17, 15) is 5.11 Å². The molecule has 2 aromatic heterocycles. The van der Waals surface area contributed by atoms with Gasteiger partial charge in [-0.1, -0.05) is 0 Å². The Balaban J connectivity index is 2.37. The van der Waals surface area contributed by atoms with Crippen molar-refractivity contribution in [2.45, 2.75) is 20.0 Å². The lowest BCUT2D eigenvalue weighted by molar-refractivity contribution is 0.179. The van der Waals surface area contributed by atoms with E-state index in [1.807, 2.05) is 39.1 Å². The SMILES string of the molecule is CNCC(O)c1c2cc(C)oc2cc2cc(C)oc12. The van der Waals surface area contributed by atoms with Gasteiger partial charge in [0.05, 0.1) is 6.10 Å². The van der Waals surface area contributed by atoms with Gasteiger partial charge < -0.3 is 19.3 Å². The van der Waals surface area contributed by atoms with Crippen LogP contribution in [0.15, 0.2) is 27.0 Å². The van der Waals surface area contributed by atoms with Gasteiger partial charge in [0.2, 0.25) is 0 Å². The summed E-state index contributed by atoms with van der Waals surface area (Å²) in [5.41, 5.74) is 2.33. The number of furan rings is 2. The summed E-state index contributed by atoms with van der Waals surface area (Å²) < 4.78 is 11.4. The number of aliphatic hydroxyl groups excluding tert-OH is 1. The maximum absolute atomic E-state index is 10.4. The average Bonchev–Trinajstić information content (AvgIpc) is 2.86. The Morgan fingerprint density at radius 1 is 1.16 bits per heavy atom. The molecule has 1 aromatic carbocycles. The quantitative estimate of drug-likeness (QED) is 0.759. The van der Waals surface area contributed by atoms with E-state index < -0.39 is 6.10 Å². The molecule has 0 saturated carbocycles. The van der Waals surface area contributed by atoms with Gasteiger partial charge in [-0.05, 0) is 39.1 Å². The van der Waals surface area contributed by atoms with Crippen molar-refractivity contribution >= 4 is 21.9 Å². The minimum Gasteiger partial charge on any atom is -0.461 e. The number of hydrogen-bond acceptors (Lipinski definition) is 4. The lowest BCUT2D eigenvalue weighted by Gasteiger charge is -2.11. The van der Waals surface area contributed by atoms with Crippen LogP contribution < -0.4 is 5.32 Å². The third-order valence-corrected chi connectivity index (χ3v) is 3.32. The highest BCUT2D eigenvalue weighted by atomic mass is 16.3. The summed E-state index contributed by atoms with van der Waals surface area (Å²) in [7, 11) is 1.81. The predicted octanol–water partition coefficient (Wildman–Crippen LogP) is 3.05. The number of nitrogens with one attached hydrogen (secondary N) is 1. The minimum absolute atomic E-state index is 0.470. The molecule has 0 radical (unpaired) electrons. The Morgan fingerprint density at radius 3 is 2.63 bits per heavy atom. The van der Waals surface area contributed by atoms with E-state index in [4.69, 9.17) is 8.83 Å². The molecule has 4 heteroatoms. The summed E-state index contributed by atoms with van der Waals surface area (Å²) in [6.07, 6.45) is -0.626. The molecular weight excluding hydrogens is 242 g/mol. The van der Waals surface area contributed by atoms with Crippen LogP contribution >= 0.6 is 0 Å². The molecule has 4 nitrogen and oxygen atoms in total. The Hall–Kier alpha value is -1.78. The van der Waals surface area contributed by atoms with Gasteiger partial charge in [-0.25, -0.2) is 0 Å². The molecule has 1 unspecified atom stereocenters. The van der Waals surface area contributed by atoms with Crippen LogP contribution in [0.25, 0.3) is 21.9 Å². The van der Waals surface area contributed by atoms with Crippen LogP contribution in [0.3, 0.4) is 0 Å². The summed E-state index contributed by atoms with van der Waals surface area (Å²) in [4.78, 5) is 0. The molecule has 0 saturated heterocycles. The second-order valence-corrected chi connectivity index (χ2v) is 4.91. The van der Waals surface area contributed by atoms with Crippen LogP contribution in [0.4, 0.5) is 0 Å². The van der Waals surface area contributed by atoms with Crippen LogP contribution in [0.5, 0.6) is 0 Å². The molecule has 0 spiro atoms. The Labute approximate surface area is 111 Å². The Morgan fingerprint density at radius 2 is 1.89 bits per heavy atom. The van der Waals surface area contributed by atoms with E-state index in [1.165, 1.54) is 0 Å². The van der Waals surface area contributed by atoms with Crippen LogP contribution in [0.2, 0.25) is 0 Å². The van der Waals surface area contributed by atoms with Crippen LogP contribution in [-0.4, -0.2) is 18.7 Å². The van der Waals surface area contributed by atoms with Crippen molar-refractivity contribution in [3.8, 4) is 0 Å². The highest BCUT2D eigenvalue weighted by molar-refractivity contribution is 5.98. The number of likely N-dealkylation sites (N-methyl/N-ethyl adjacent to an activating group) is 1. The molecule has 100 valence electrons. The first-order chi connectivity index (χ1) is 9.10. The maximum atomic E-state index is 10.4. The van der Waals surface area contributed by atoms with Gasteiger partial charge in [0.1, 0.15) is 22.7 Å². The predicted molar refractivity (Wildman–Crippen MR) is 74.3 cm³/mol. The topological polar surface area (TPSA) is 58.5 Å². The molecule has 0 aliphatic heterocycles. The molecule has 2 N–H and O–H groups in total. The largest absolute Gasteiger partial charge is 0.461 e. The van der Waals surface area contributed by atoms with Gasteiger partial charge >= 0.3 is 0 Å². The second-order valence-electron chi connectivity index (χ2n) is 4.91. The van der Waals surface area contributed by atoms with Gasteiger partial charge in [-0.3, -0.25) is 0 Å². The van der Waals surface area contributed by atoms with E-state index in [0.29, 0.717) is 6.54 Å². The standard InChI is InChI=1S/C15H17NO3/c1-8-4-10-6-13-11(5-9(2)18-13)14(15(10)19-8)12(17)7-16-3/h4-6,12,16-17H,7H2,1-3H3. The van der Waals surface area contributed by atoms with Gasteiger partial charge in [0.15, 0.2) is 0 Å². The first-order valence-corrected chi connectivity index (χ1v) is 6.36. The fraction of sp³-hybridized carbons (Fsp3) is 0.333. The van der Waals surface area contributed by atoms with Crippen molar-refractivity contribution < 1.29 is 13.9 Å². The monoisotopic (exact) mass is 259 g/mol. The van der Waals surface area contributed by atoms with Crippen LogP contribution in [0, 0.1) is 13.8 Å². The summed E-state index contributed by atoms with van der Waals surface area (Å²) in [5, 5.41) is 15.2. The maximum Gasteiger partial charge on any atom is 0.140 e. The van der Waals surface area contributed by atoms with Gasteiger partial charge in [-0.15, -0.1) is 0 Å². The number of aryl methyl sites for hydroxylation is 2. The van der Waals surface area contributed by atoms with Crippen molar-refractivity contribution in [2.75, 3.05) is 13.6 Å². The molecular formula is C15H17NO3. The zero-order valence-electron chi connectivity index (χ0n) is 11.3. The van der Waals surface area contributed by atoms with Crippen molar-refractivity contribution in [3.63, 3.8) is 0 Å². The van der Waals surface area contributed by atoms with Crippen LogP contribution in [-0.2, 0) is 0 Å². The Bertz CT molecular complexity index is 684. The fourth-order valence-electron chi connectivity index (χ4n) is 2.59. The fourth-order valence-corrected chi connectivity index (χ4v) is 2.59. The molecule has 0 fully saturated rings. The molecule has 1 atom stereocenters. The Kier molecular flexibility index (Phi) is 2.84. The van der Waals surface area contributed by atoms with Gasteiger partial charge in [0.25, 0.3) is 0 Å². The molecule has 0 aliphatic rings. The number of fused-ring (bicyclic) bond motifs is 2. The van der Waals surface area contributed by atoms with Crippen molar-refractivity contribution in [1.82, 2.24) is 5.32 Å². The smallest absolute Gasteiger partial charge is 0.140 e. The number of benzene rings is 1. The number of aliphatic hydroxyl groups is 1. The van der Waals surface area contributed by atoms with E-state index in [-0.39, 0.29) is 0 Å². The minimum atomic E-state index is -0.626. The van der Waals surface area contributed by atoms with Crippen molar-refractivity contribution in [2.24, 2.45) is 0 Å². The average molecular weight is 259 g/mol. The third kappa shape index (κ3) is 1.93. The van der Waals surface area contributed by atoms with Gasteiger partial charge in [0, 0.05) is 22.9 Å². The molecule has 0 bridgehead atoms. The van der Waals surface area contributed by atoms with E-state index in [0.717, 1.165) is 39.0 Å². The summed E-state index contributed by atoms with van der Waals surface area (Å²) in [5.74, 6) is 1.66. The number of rotatable bonds is 3. The van der Waals surface area contributed by atoms with E-state index in [2.05, 4.69) is 5.32 Å². The van der Waals surface area contributed by atoms with Crippen LogP contribution in [0.1, 0.15) is 23.2 Å². The van der Waals surface area contributed by atoms with Gasteiger partial charge in [-0.2, -0.15) is 0 Å². The first-order valence-electron chi connectivity index (χ1n) is 6.36. The van der Waals surface area contributed by atoms with E-state index >= 15 is 0 Å². The highest BCUT2D eigenvalue weighted by Crippen LogP contribution is 2.35. The third-order valence-electron chi connectivity index (χ3n) is 3.32. The molecule has 3 rings (SSSR count). The number of hydrogen-bond donors (Lipinski definition) is 2. The lowest BCUT2D eigenvalue weighted by Crippen LogP contribution is -2.17.